The number of ether oxygens (including phenoxy) is 2. The van der Waals surface area contributed by atoms with Gasteiger partial charge in [-0.15, -0.1) is 11.6 Å². The van der Waals surface area contributed by atoms with Gasteiger partial charge < -0.3 is 9.47 Å². The molecule has 1 aliphatic heterocycles. The number of hydrogen-bond donors (Lipinski definition) is 0. The van der Waals surface area contributed by atoms with Gasteiger partial charge in [0.15, 0.2) is 0 Å². The van der Waals surface area contributed by atoms with Crippen LogP contribution in [0.15, 0.2) is 0 Å². The number of thioether (sulfide) groups is 1. The van der Waals surface area contributed by atoms with E-state index >= 15 is 0 Å². The first-order valence-electron chi connectivity index (χ1n) is 3.71. The fourth-order valence-corrected chi connectivity index (χ4v) is 1.86. The van der Waals surface area contributed by atoms with Crippen molar-refractivity contribution in [3.63, 3.8) is 0 Å². The zero-order valence-corrected chi connectivity index (χ0v) is 8.36. The van der Waals surface area contributed by atoms with Crippen molar-refractivity contribution in [3.8, 4) is 0 Å². The molecule has 0 unspecified atom stereocenters. The fourth-order valence-electron chi connectivity index (χ4n) is 0.908. The predicted octanol–water partition coefficient (Wildman–Crippen LogP) is 1.25. The van der Waals surface area contributed by atoms with E-state index in [1.807, 2.05) is 6.92 Å². The molecule has 0 aromatic rings. The maximum absolute atomic E-state index is 10.7. The Morgan fingerprint density at radius 3 is 3.08 bits per heavy atom. The van der Waals surface area contributed by atoms with Gasteiger partial charge in [-0.25, -0.2) is 0 Å². The van der Waals surface area contributed by atoms with Crippen LogP contribution in [-0.2, 0) is 14.3 Å². The van der Waals surface area contributed by atoms with Crippen molar-refractivity contribution in [3.05, 3.63) is 0 Å². The largest absolute Gasteiger partial charge is 0.434 e. The lowest BCUT2D eigenvalue weighted by atomic mass is 10.4. The number of esters is 1. The van der Waals surface area contributed by atoms with E-state index in [4.69, 9.17) is 21.1 Å². The standard InChI is InChI=1S/C7H11ClO3S/c1-5-3-12-4-7(10-5)11-6(9)2-8/h5,7H,2-4H2,1H3/t5-,7+/m1/s1. The highest BCUT2D eigenvalue weighted by Crippen LogP contribution is 2.18. The molecule has 1 rings (SSSR count). The van der Waals surface area contributed by atoms with E-state index in [9.17, 15) is 4.79 Å². The first kappa shape index (κ1) is 10.2. The van der Waals surface area contributed by atoms with Crippen LogP contribution in [0.3, 0.4) is 0 Å². The van der Waals surface area contributed by atoms with Crippen LogP contribution in [0.1, 0.15) is 6.92 Å². The zero-order valence-electron chi connectivity index (χ0n) is 6.79. The zero-order chi connectivity index (χ0) is 8.97. The Morgan fingerprint density at radius 2 is 2.50 bits per heavy atom. The van der Waals surface area contributed by atoms with Crippen molar-refractivity contribution < 1.29 is 14.3 Å². The minimum absolute atomic E-state index is 0.112. The van der Waals surface area contributed by atoms with Gasteiger partial charge in [-0.05, 0) is 6.92 Å². The molecule has 1 fully saturated rings. The molecule has 1 aliphatic rings. The van der Waals surface area contributed by atoms with Gasteiger partial charge in [0.1, 0.15) is 5.88 Å². The molecule has 0 saturated carbocycles. The minimum atomic E-state index is -0.420. The summed E-state index contributed by atoms with van der Waals surface area (Å²) < 4.78 is 10.2. The number of carbonyl (C=O) groups excluding carboxylic acids is 1. The molecule has 2 atom stereocenters. The maximum atomic E-state index is 10.7. The molecule has 0 aromatic carbocycles. The van der Waals surface area contributed by atoms with Gasteiger partial charge in [0.2, 0.25) is 6.29 Å². The first-order chi connectivity index (χ1) is 5.72. The summed E-state index contributed by atoms with van der Waals surface area (Å²) in [6, 6.07) is 0. The third-order valence-electron chi connectivity index (χ3n) is 1.36. The molecule has 5 heteroatoms. The molecule has 0 aromatic heterocycles. The van der Waals surface area contributed by atoms with Crippen molar-refractivity contribution in [2.45, 2.75) is 19.3 Å². The normalized spacial score (nSPS) is 29.8. The van der Waals surface area contributed by atoms with Crippen LogP contribution < -0.4 is 0 Å². The van der Waals surface area contributed by atoms with E-state index in [1.165, 1.54) is 0 Å². The number of alkyl halides is 1. The van der Waals surface area contributed by atoms with E-state index in [0.29, 0.717) is 5.75 Å². The molecule has 1 heterocycles. The van der Waals surface area contributed by atoms with E-state index in [1.54, 1.807) is 11.8 Å². The number of rotatable bonds is 2. The topological polar surface area (TPSA) is 35.5 Å². The maximum Gasteiger partial charge on any atom is 0.323 e. The molecule has 70 valence electrons. The summed E-state index contributed by atoms with van der Waals surface area (Å²) in [5.41, 5.74) is 0. The van der Waals surface area contributed by atoms with Gasteiger partial charge >= 0.3 is 5.97 Å². The molecule has 3 nitrogen and oxygen atoms in total. The van der Waals surface area contributed by atoms with Gasteiger partial charge in [-0.3, -0.25) is 4.79 Å². The van der Waals surface area contributed by atoms with Crippen LogP contribution >= 0.6 is 23.4 Å². The fraction of sp³-hybridized carbons (Fsp3) is 0.857. The lowest BCUT2D eigenvalue weighted by molar-refractivity contribution is -0.178. The highest BCUT2D eigenvalue weighted by Gasteiger charge is 2.22. The Balaban J connectivity index is 2.27. The smallest absolute Gasteiger partial charge is 0.323 e. The second-order valence-corrected chi connectivity index (χ2v) is 3.88. The minimum Gasteiger partial charge on any atom is -0.434 e. The molecule has 0 N–H and O–H groups in total. The summed E-state index contributed by atoms with van der Waals surface area (Å²) in [6.45, 7) is 1.95. The summed E-state index contributed by atoms with van der Waals surface area (Å²) in [6.07, 6.45) is -0.262. The molecular weight excluding hydrogens is 200 g/mol. The van der Waals surface area contributed by atoms with Crippen LogP contribution in [0.5, 0.6) is 0 Å². The Labute approximate surface area is 80.7 Å². The molecule has 0 amide bonds. The van der Waals surface area contributed by atoms with E-state index in [0.717, 1.165) is 5.75 Å². The van der Waals surface area contributed by atoms with Crippen molar-refractivity contribution >= 4 is 29.3 Å². The summed E-state index contributed by atoms with van der Waals surface area (Å²) in [5, 5.41) is 0. The monoisotopic (exact) mass is 210 g/mol. The lowest BCUT2D eigenvalue weighted by Gasteiger charge is -2.26. The Bertz CT molecular complexity index is 165. The highest BCUT2D eigenvalue weighted by atomic mass is 35.5. The summed E-state index contributed by atoms with van der Waals surface area (Å²) >= 11 is 6.99. The molecular formula is C7H11ClO3S. The van der Waals surface area contributed by atoms with Crippen LogP contribution in [0, 0.1) is 0 Å². The molecule has 12 heavy (non-hydrogen) atoms. The van der Waals surface area contributed by atoms with Crippen LogP contribution in [-0.4, -0.2) is 35.7 Å². The second-order valence-electron chi connectivity index (χ2n) is 2.54. The Kier molecular flexibility index (Phi) is 4.18. The molecule has 1 saturated heterocycles. The third kappa shape index (κ3) is 3.21. The van der Waals surface area contributed by atoms with Gasteiger partial charge in [-0.2, -0.15) is 11.8 Å². The van der Waals surface area contributed by atoms with E-state index < -0.39 is 12.3 Å². The van der Waals surface area contributed by atoms with Gasteiger partial charge in [0.05, 0.1) is 11.9 Å². The van der Waals surface area contributed by atoms with Crippen molar-refractivity contribution in [1.82, 2.24) is 0 Å². The quantitative estimate of drug-likeness (QED) is 0.508. The average Bonchev–Trinajstić information content (AvgIpc) is 2.04. The van der Waals surface area contributed by atoms with Gasteiger partial charge in [0, 0.05) is 5.75 Å². The predicted molar refractivity (Wildman–Crippen MR) is 48.5 cm³/mol. The average molecular weight is 211 g/mol. The van der Waals surface area contributed by atoms with E-state index in [2.05, 4.69) is 0 Å². The van der Waals surface area contributed by atoms with Crippen molar-refractivity contribution in [2.24, 2.45) is 0 Å². The third-order valence-corrected chi connectivity index (χ3v) is 2.79. The highest BCUT2D eigenvalue weighted by molar-refractivity contribution is 7.99. The summed E-state index contributed by atoms with van der Waals surface area (Å²) in [7, 11) is 0. The van der Waals surface area contributed by atoms with Crippen LogP contribution in [0.2, 0.25) is 0 Å². The molecule has 0 bridgehead atoms. The Hall–Kier alpha value is 0.0700. The number of hydrogen-bond acceptors (Lipinski definition) is 4. The molecule has 0 spiro atoms. The second kappa shape index (κ2) is 4.94. The van der Waals surface area contributed by atoms with Crippen molar-refractivity contribution in [1.29, 1.82) is 0 Å². The van der Waals surface area contributed by atoms with Gasteiger partial charge in [-0.1, -0.05) is 0 Å². The lowest BCUT2D eigenvalue weighted by Crippen LogP contribution is -2.33. The molecule has 0 radical (unpaired) electrons. The van der Waals surface area contributed by atoms with Crippen LogP contribution in [0.25, 0.3) is 0 Å². The number of carbonyl (C=O) groups is 1. The summed E-state index contributed by atoms with van der Waals surface area (Å²) in [5.74, 6) is 1.12. The van der Waals surface area contributed by atoms with Gasteiger partial charge in [0.25, 0.3) is 0 Å². The van der Waals surface area contributed by atoms with E-state index in [-0.39, 0.29) is 12.0 Å². The number of halogens is 1. The Morgan fingerprint density at radius 1 is 1.75 bits per heavy atom. The van der Waals surface area contributed by atoms with Crippen LogP contribution in [0.4, 0.5) is 0 Å². The SMILES string of the molecule is C[C@@H]1CSC[C@H](OC(=O)CCl)O1. The van der Waals surface area contributed by atoms with Crippen molar-refractivity contribution in [2.75, 3.05) is 17.4 Å². The molecule has 0 aliphatic carbocycles. The first-order valence-corrected chi connectivity index (χ1v) is 5.40. The summed E-state index contributed by atoms with van der Waals surface area (Å²) in [4.78, 5) is 10.7.